The molecule has 1 heterocycles. The molecule has 0 unspecified atom stereocenters. The SMILES string of the molecule is C[C@@H]1CCN(CCOCCO)CCN1Cc1ccccc1. The van der Waals surface area contributed by atoms with Gasteiger partial charge in [0, 0.05) is 32.2 Å². The third-order valence-corrected chi connectivity index (χ3v) is 4.21. The van der Waals surface area contributed by atoms with Gasteiger partial charge in [-0.25, -0.2) is 0 Å². The maximum Gasteiger partial charge on any atom is 0.0698 e. The van der Waals surface area contributed by atoms with E-state index in [1.165, 1.54) is 12.0 Å². The number of hydrogen-bond donors (Lipinski definition) is 1. The minimum atomic E-state index is 0.113. The van der Waals surface area contributed by atoms with E-state index < -0.39 is 0 Å². The lowest BCUT2D eigenvalue weighted by Crippen LogP contribution is -2.35. The first-order valence-corrected chi connectivity index (χ1v) is 7.98. The van der Waals surface area contributed by atoms with Gasteiger partial charge in [-0.3, -0.25) is 9.80 Å². The molecular formula is C17H28N2O2. The van der Waals surface area contributed by atoms with Crippen LogP contribution < -0.4 is 0 Å². The second kappa shape index (κ2) is 9.15. The Morgan fingerprint density at radius 3 is 2.71 bits per heavy atom. The van der Waals surface area contributed by atoms with E-state index >= 15 is 0 Å². The van der Waals surface area contributed by atoms with Crippen molar-refractivity contribution in [3.63, 3.8) is 0 Å². The Labute approximate surface area is 128 Å². The highest BCUT2D eigenvalue weighted by atomic mass is 16.5. The average Bonchev–Trinajstić information content (AvgIpc) is 2.68. The van der Waals surface area contributed by atoms with Crippen LogP contribution in [0.4, 0.5) is 0 Å². The molecule has 118 valence electrons. The molecule has 1 atom stereocenters. The van der Waals surface area contributed by atoms with E-state index in [1.54, 1.807) is 0 Å². The Balaban J connectivity index is 1.78. The van der Waals surface area contributed by atoms with E-state index in [0.29, 0.717) is 19.3 Å². The molecule has 0 bridgehead atoms. The van der Waals surface area contributed by atoms with Crippen LogP contribution in [-0.2, 0) is 11.3 Å². The Kier molecular flexibility index (Phi) is 7.16. The molecule has 0 spiro atoms. The Bertz CT molecular complexity index is 386. The van der Waals surface area contributed by atoms with Crippen molar-refractivity contribution in [3.8, 4) is 0 Å². The summed E-state index contributed by atoms with van der Waals surface area (Å²) in [6.45, 7) is 8.95. The molecular weight excluding hydrogens is 264 g/mol. The van der Waals surface area contributed by atoms with Crippen molar-refractivity contribution in [1.29, 1.82) is 0 Å². The third-order valence-electron chi connectivity index (χ3n) is 4.21. The summed E-state index contributed by atoms with van der Waals surface area (Å²) in [7, 11) is 0. The number of benzene rings is 1. The van der Waals surface area contributed by atoms with Crippen LogP contribution in [0, 0.1) is 0 Å². The molecule has 4 heteroatoms. The summed E-state index contributed by atoms with van der Waals surface area (Å²) in [6.07, 6.45) is 1.20. The molecule has 0 aromatic heterocycles. The van der Waals surface area contributed by atoms with Gasteiger partial charge in [0.1, 0.15) is 0 Å². The highest BCUT2D eigenvalue weighted by Crippen LogP contribution is 2.14. The maximum absolute atomic E-state index is 8.71. The summed E-state index contributed by atoms with van der Waals surface area (Å²) < 4.78 is 5.37. The maximum atomic E-state index is 8.71. The van der Waals surface area contributed by atoms with Crippen molar-refractivity contribution in [2.75, 3.05) is 46.0 Å². The van der Waals surface area contributed by atoms with Crippen LogP contribution in [0.15, 0.2) is 30.3 Å². The number of rotatable bonds is 7. The number of aliphatic hydroxyl groups is 1. The summed E-state index contributed by atoms with van der Waals surface area (Å²) in [6, 6.07) is 11.3. The molecule has 1 aromatic rings. The number of aliphatic hydroxyl groups excluding tert-OH is 1. The van der Waals surface area contributed by atoms with Crippen molar-refractivity contribution in [1.82, 2.24) is 9.80 Å². The quantitative estimate of drug-likeness (QED) is 0.774. The molecule has 0 saturated carbocycles. The van der Waals surface area contributed by atoms with Gasteiger partial charge in [-0.15, -0.1) is 0 Å². The topological polar surface area (TPSA) is 35.9 Å². The smallest absolute Gasteiger partial charge is 0.0698 e. The molecule has 1 aromatic carbocycles. The van der Waals surface area contributed by atoms with Gasteiger partial charge < -0.3 is 9.84 Å². The minimum Gasteiger partial charge on any atom is -0.394 e. The zero-order valence-electron chi connectivity index (χ0n) is 13.1. The molecule has 1 fully saturated rings. The van der Waals surface area contributed by atoms with Gasteiger partial charge >= 0.3 is 0 Å². The van der Waals surface area contributed by atoms with Gasteiger partial charge in [-0.05, 0) is 25.5 Å². The summed E-state index contributed by atoms with van der Waals surface area (Å²) in [4.78, 5) is 5.04. The van der Waals surface area contributed by atoms with Crippen molar-refractivity contribution in [2.24, 2.45) is 0 Å². The molecule has 1 aliphatic heterocycles. The van der Waals surface area contributed by atoms with Gasteiger partial charge in [0.25, 0.3) is 0 Å². The zero-order chi connectivity index (χ0) is 14.9. The zero-order valence-corrected chi connectivity index (χ0v) is 13.1. The van der Waals surface area contributed by atoms with Crippen LogP contribution in [0.25, 0.3) is 0 Å². The van der Waals surface area contributed by atoms with Crippen molar-refractivity contribution < 1.29 is 9.84 Å². The van der Waals surface area contributed by atoms with E-state index in [4.69, 9.17) is 9.84 Å². The van der Waals surface area contributed by atoms with Crippen molar-refractivity contribution >= 4 is 0 Å². The molecule has 0 amide bonds. The van der Waals surface area contributed by atoms with E-state index in [9.17, 15) is 0 Å². The molecule has 1 aliphatic rings. The average molecular weight is 292 g/mol. The van der Waals surface area contributed by atoms with Gasteiger partial charge in [0.2, 0.25) is 0 Å². The Hall–Kier alpha value is -0.940. The molecule has 1 saturated heterocycles. The lowest BCUT2D eigenvalue weighted by atomic mass is 10.1. The van der Waals surface area contributed by atoms with Crippen LogP contribution in [-0.4, -0.2) is 66.9 Å². The number of ether oxygens (including phenoxy) is 1. The van der Waals surface area contributed by atoms with E-state index in [1.807, 2.05) is 0 Å². The monoisotopic (exact) mass is 292 g/mol. The highest BCUT2D eigenvalue weighted by molar-refractivity contribution is 5.14. The lowest BCUT2D eigenvalue weighted by Gasteiger charge is -2.26. The summed E-state index contributed by atoms with van der Waals surface area (Å²) in [5.74, 6) is 0. The lowest BCUT2D eigenvalue weighted by molar-refractivity contribution is 0.0743. The first-order chi connectivity index (χ1) is 10.3. The second-order valence-corrected chi connectivity index (χ2v) is 5.77. The van der Waals surface area contributed by atoms with E-state index in [0.717, 1.165) is 32.7 Å². The van der Waals surface area contributed by atoms with Crippen LogP contribution in [0.2, 0.25) is 0 Å². The van der Waals surface area contributed by atoms with E-state index in [-0.39, 0.29) is 6.61 Å². The summed E-state index contributed by atoms with van der Waals surface area (Å²) >= 11 is 0. The van der Waals surface area contributed by atoms with Crippen LogP contribution in [0.5, 0.6) is 0 Å². The summed E-state index contributed by atoms with van der Waals surface area (Å²) in [5, 5.41) is 8.71. The van der Waals surface area contributed by atoms with Crippen molar-refractivity contribution in [2.45, 2.75) is 25.9 Å². The third kappa shape index (κ3) is 5.75. The Morgan fingerprint density at radius 2 is 1.95 bits per heavy atom. The van der Waals surface area contributed by atoms with Crippen molar-refractivity contribution in [3.05, 3.63) is 35.9 Å². The van der Waals surface area contributed by atoms with Gasteiger partial charge in [-0.2, -0.15) is 0 Å². The fourth-order valence-electron chi connectivity index (χ4n) is 2.79. The number of hydrogen-bond acceptors (Lipinski definition) is 4. The van der Waals surface area contributed by atoms with E-state index in [2.05, 4.69) is 47.1 Å². The normalized spacial score (nSPS) is 21.3. The van der Waals surface area contributed by atoms with Crippen LogP contribution in [0.3, 0.4) is 0 Å². The van der Waals surface area contributed by atoms with Gasteiger partial charge in [0.05, 0.1) is 19.8 Å². The summed E-state index contributed by atoms with van der Waals surface area (Å²) in [5.41, 5.74) is 1.39. The molecule has 1 N–H and O–H groups in total. The number of nitrogens with zero attached hydrogens (tertiary/aromatic N) is 2. The fraction of sp³-hybridized carbons (Fsp3) is 0.647. The fourth-order valence-corrected chi connectivity index (χ4v) is 2.79. The first-order valence-electron chi connectivity index (χ1n) is 7.98. The second-order valence-electron chi connectivity index (χ2n) is 5.77. The molecule has 0 radical (unpaired) electrons. The molecule has 0 aliphatic carbocycles. The first kappa shape index (κ1) is 16.4. The Morgan fingerprint density at radius 1 is 1.14 bits per heavy atom. The van der Waals surface area contributed by atoms with Gasteiger partial charge in [-0.1, -0.05) is 30.3 Å². The predicted octanol–water partition coefficient (Wildman–Crippen LogP) is 1.59. The van der Waals surface area contributed by atoms with Crippen LogP contribution in [0.1, 0.15) is 18.9 Å². The predicted molar refractivity (Wildman–Crippen MR) is 85.3 cm³/mol. The van der Waals surface area contributed by atoms with Crippen LogP contribution >= 0.6 is 0 Å². The standard InChI is InChI=1S/C17H28N2O2/c1-16-7-8-18(11-13-21-14-12-20)9-10-19(16)15-17-5-3-2-4-6-17/h2-6,16,20H,7-15H2,1H3/t16-/m1/s1. The molecule has 21 heavy (non-hydrogen) atoms. The minimum absolute atomic E-state index is 0.113. The largest absolute Gasteiger partial charge is 0.394 e. The van der Waals surface area contributed by atoms with Gasteiger partial charge in [0.15, 0.2) is 0 Å². The highest BCUT2D eigenvalue weighted by Gasteiger charge is 2.20. The molecule has 2 rings (SSSR count). The molecule has 4 nitrogen and oxygen atoms in total.